The van der Waals surface area contributed by atoms with Gasteiger partial charge < -0.3 is 0 Å². The first-order valence-corrected chi connectivity index (χ1v) is 7.89. The zero-order valence-corrected chi connectivity index (χ0v) is 14.7. The highest BCUT2D eigenvalue weighted by atomic mass is 16.1. The molecule has 0 aromatic heterocycles. The summed E-state index contributed by atoms with van der Waals surface area (Å²) in [5.74, 6) is 0. The van der Waals surface area contributed by atoms with Crippen molar-refractivity contribution in [2.45, 2.75) is 13.8 Å². The predicted molar refractivity (Wildman–Crippen MR) is 104 cm³/mol. The molecular formula is C22H20N2O2. The minimum atomic E-state index is 0.750. The monoisotopic (exact) mass is 344 g/mol. The molecule has 0 aliphatic heterocycles. The zero-order valence-electron chi connectivity index (χ0n) is 14.7. The predicted octanol–water partition coefficient (Wildman–Crippen LogP) is 5.44. The van der Waals surface area contributed by atoms with Crippen molar-refractivity contribution in [2.24, 2.45) is 0 Å². The Bertz CT molecular complexity index is 880. The van der Waals surface area contributed by atoms with Gasteiger partial charge in [0.2, 0.25) is 12.2 Å². The molecule has 3 rings (SSSR count). The van der Waals surface area contributed by atoms with Crippen LogP contribution in [0.4, 0.5) is 0 Å². The summed E-state index contributed by atoms with van der Waals surface area (Å²) in [6.45, 7) is 4.39. The Morgan fingerprint density at radius 1 is 0.654 bits per heavy atom. The van der Waals surface area contributed by atoms with Crippen molar-refractivity contribution in [3.05, 3.63) is 83.9 Å². The molecule has 0 aliphatic rings. The Kier molecular flexibility index (Phi) is 8.70. The van der Waals surface area contributed by atoms with E-state index >= 15 is 0 Å². The third-order valence-electron chi connectivity index (χ3n) is 3.88. The fourth-order valence-electron chi connectivity index (χ4n) is 2.65. The molecule has 2 N–H and O–H groups in total. The van der Waals surface area contributed by atoms with E-state index in [9.17, 15) is 0 Å². The summed E-state index contributed by atoms with van der Waals surface area (Å²) in [4.78, 5) is 16.7. The number of rotatable bonds is 2. The van der Waals surface area contributed by atoms with E-state index in [2.05, 4.69) is 86.6 Å². The molecule has 0 bridgehead atoms. The fraction of sp³-hybridized carbons (Fsp3) is 0.0909. The van der Waals surface area contributed by atoms with Crippen LogP contribution in [0.15, 0.2) is 72.8 Å². The number of isocyanates is 2. The molecule has 0 saturated heterocycles. The minimum absolute atomic E-state index is 0.750. The summed E-state index contributed by atoms with van der Waals surface area (Å²) in [7, 11) is 0. The smallest absolute Gasteiger partial charge is 0.222 e. The average Bonchev–Trinajstić information content (AvgIpc) is 2.66. The summed E-state index contributed by atoms with van der Waals surface area (Å²) in [5, 5.41) is 10.8. The van der Waals surface area contributed by atoms with Crippen molar-refractivity contribution in [3.8, 4) is 22.3 Å². The van der Waals surface area contributed by atoms with Crippen molar-refractivity contribution in [1.29, 1.82) is 10.8 Å². The van der Waals surface area contributed by atoms with E-state index < -0.39 is 0 Å². The Balaban J connectivity index is 0.000000499. The van der Waals surface area contributed by atoms with Crippen molar-refractivity contribution >= 4 is 12.2 Å². The van der Waals surface area contributed by atoms with E-state index in [1.165, 1.54) is 33.4 Å². The number of hydrogen-bond acceptors (Lipinski definition) is 4. The standard InChI is InChI=1S/C20H18.2CHNO/c1-15-13-14-19(17-9-5-3-6-10-17)20(16(15)2)18-11-7-4-8-12-18;2*2-1-3/h3-14H,1-2H3;2*2H. The molecule has 0 heterocycles. The van der Waals surface area contributed by atoms with Crippen LogP contribution in [0.3, 0.4) is 0 Å². The summed E-state index contributed by atoms with van der Waals surface area (Å²) in [5.41, 5.74) is 7.90. The number of hydrogen-bond donors (Lipinski definition) is 2. The van der Waals surface area contributed by atoms with Gasteiger partial charge in [0, 0.05) is 0 Å². The van der Waals surface area contributed by atoms with E-state index in [1.54, 1.807) is 0 Å². The minimum Gasteiger partial charge on any atom is -0.222 e. The number of carbonyl (C=O) groups excluding carboxylic acids is 2. The summed E-state index contributed by atoms with van der Waals surface area (Å²) in [6, 6.07) is 25.7. The normalized spacial score (nSPS) is 8.69. The van der Waals surface area contributed by atoms with Crippen LogP contribution in [-0.4, -0.2) is 12.2 Å². The van der Waals surface area contributed by atoms with Gasteiger partial charge in [-0.05, 0) is 47.2 Å². The van der Waals surface area contributed by atoms with Gasteiger partial charge in [0.1, 0.15) is 0 Å². The molecule has 4 nitrogen and oxygen atoms in total. The van der Waals surface area contributed by atoms with E-state index in [-0.39, 0.29) is 0 Å². The lowest BCUT2D eigenvalue weighted by Crippen LogP contribution is -1.92. The molecule has 3 aromatic rings. The maximum Gasteiger partial charge on any atom is 0.231 e. The lowest BCUT2D eigenvalue weighted by Gasteiger charge is -2.15. The van der Waals surface area contributed by atoms with Gasteiger partial charge in [-0.2, -0.15) is 0 Å². The molecule has 0 unspecified atom stereocenters. The van der Waals surface area contributed by atoms with Crippen molar-refractivity contribution in [3.63, 3.8) is 0 Å². The molecule has 4 heteroatoms. The van der Waals surface area contributed by atoms with Crippen LogP contribution in [0, 0.1) is 24.7 Å². The first-order valence-electron chi connectivity index (χ1n) is 7.89. The van der Waals surface area contributed by atoms with Crippen LogP contribution < -0.4 is 0 Å². The Hall–Kier alpha value is -3.58. The third-order valence-corrected chi connectivity index (χ3v) is 3.88. The van der Waals surface area contributed by atoms with Gasteiger partial charge in [0.05, 0.1) is 0 Å². The van der Waals surface area contributed by atoms with Gasteiger partial charge in [-0.25, -0.2) is 20.4 Å². The fourth-order valence-corrected chi connectivity index (χ4v) is 2.65. The highest BCUT2D eigenvalue weighted by Gasteiger charge is 2.11. The quantitative estimate of drug-likeness (QED) is 0.479. The van der Waals surface area contributed by atoms with Crippen LogP contribution in [0.2, 0.25) is 0 Å². The second-order valence-electron chi connectivity index (χ2n) is 5.37. The molecule has 0 aliphatic carbocycles. The van der Waals surface area contributed by atoms with Gasteiger partial charge >= 0.3 is 0 Å². The largest absolute Gasteiger partial charge is 0.231 e. The van der Waals surface area contributed by atoms with Crippen molar-refractivity contribution < 1.29 is 9.59 Å². The third kappa shape index (κ3) is 5.50. The molecule has 0 fully saturated rings. The van der Waals surface area contributed by atoms with Crippen molar-refractivity contribution in [1.82, 2.24) is 0 Å². The second kappa shape index (κ2) is 11.1. The summed E-state index contributed by atoms with van der Waals surface area (Å²) >= 11 is 0. The maximum absolute atomic E-state index is 8.35. The van der Waals surface area contributed by atoms with E-state index in [0.717, 1.165) is 12.2 Å². The van der Waals surface area contributed by atoms with Crippen LogP contribution in [0.5, 0.6) is 0 Å². The van der Waals surface area contributed by atoms with Crippen molar-refractivity contribution in [2.75, 3.05) is 0 Å². The first kappa shape index (κ1) is 20.5. The Morgan fingerprint density at radius 3 is 1.54 bits per heavy atom. The van der Waals surface area contributed by atoms with Crippen LogP contribution in [-0.2, 0) is 9.59 Å². The lowest BCUT2D eigenvalue weighted by molar-refractivity contribution is 0.562. The molecule has 0 spiro atoms. The molecule has 26 heavy (non-hydrogen) atoms. The van der Waals surface area contributed by atoms with Crippen LogP contribution in [0.1, 0.15) is 11.1 Å². The zero-order chi connectivity index (χ0) is 19.4. The highest BCUT2D eigenvalue weighted by Crippen LogP contribution is 2.35. The van der Waals surface area contributed by atoms with Gasteiger partial charge in [-0.3, -0.25) is 0 Å². The Morgan fingerprint density at radius 2 is 1.08 bits per heavy atom. The SMILES string of the molecule is Cc1ccc(-c2ccccc2)c(-c2ccccc2)c1C.N=C=O.N=C=O. The summed E-state index contributed by atoms with van der Waals surface area (Å²) in [6.07, 6.45) is 1.50. The molecule has 0 atom stereocenters. The topological polar surface area (TPSA) is 81.8 Å². The first-order chi connectivity index (χ1) is 12.6. The molecule has 0 amide bonds. The molecule has 130 valence electrons. The molecule has 0 radical (unpaired) electrons. The number of benzene rings is 3. The molecule has 3 aromatic carbocycles. The van der Waals surface area contributed by atoms with Gasteiger partial charge in [-0.1, -0.05) is 72.8 Å². The number of aryl methyl sites for hydroxylation is 1. The van der Waals surface area contributed by atoms with Gasteiger partial charge in [0.25, 0.3) is 0 Å². The summed E-state index contributed by atoms with van der Waals surface area (Å²) < 4.78 is 0. The highest BCUT2D eigenvalue weighted by molar-refractivity contribution is 5.86. The van der Waals surface area contributed by atoms with Gasteiger partial charge in [-0.15, -0.1) is 0 Å². The molecular weight excluding hydrogens is 324 g/mol. The van der Waals surface area contributed by atoms with Crippen LogP contribution >= 0.6 is 0 Å². The second-order valence-corrected chi connectivity index (χ2v) is 5.37. The average molecular weight is 344 g/mol. The van der Waals surface area contributed by atoms with Gasteiger partial charge in [0.15, 0.2) is 0 Å². The van der Waals surface area contributed by atoms with Crippen LogP contribution in [0.25, 0.3) is 22.3 Å². The maximum atomic E-state index is 8.35. The van der Waals surface area contributed by atoms with E-state index in [1.807, 2.05) is 0 Å². The Labute approximate surface area is 153 Å². The van der Waals surface area contributed by atoms with E-state index in [4.69, 9.17) is 20.4 Å². The van der Waals surface area contributed by atoms with E-state index in [0.29, 0.717) is 0 Å². The number of nitrogens with one attached hydrogen (secondary N) is 2. The molecule has 0 saturated carbocycles. The lowest BCUT2D eigenvalue weighted by atomic mass is 9.89.